The Bertz CT molecular complexity index is 954. The number of hydrogen-bond acceptors (Lipinski definition) is 4. The fourth-order valence-electron chi connectivity index (χ4n) is 2.53. The van der Waals surface area contributed by atoms with Gasteiger partial charge in [0.25, 0.3) is 5.91 Å². The number of amides is 1. The van der Waals surface area contributed by atoms with Crippen molar-refractivity contribution in [1.29, 1.82) is 5.26 Å². The lowest BCUT2D eigenvalue weighted by Gasteiger charge is -2.24. The number of nitrogens with zero attached hydrogens (tertiary/aromatic N) is 2. The third-order valence-electron chi connectivity index (χ3n) is 4.03. The number of rotatable bonds is 6. The van der Waals surface area contributed by atoms with Gasteiger partial charge in [-0.1, -0.05) is 18.8 Å². The quantitative estimate of drug-likeness (QED) is 0.664. The van der Waals surface area contributed by atoms with Crippen LogP contribution >= 0.6 is 15.9 Å². The molecule has 0 fully saturated rings. The Morgan fingerprint density at radius 1 is 1.39 bits per heavy atom. The number of carbonyl (C=O) groups excluding carboxylic acids is 1. The van der Waals surface area contributed by atoms with E-state index in [2.05, 4.69) is 44.1 Å². The molecule has 1 N–H and O–H groups in total. The van der Waals surface area contributed by atoms with E-state index in [4.69, 9.17) is 10.00 Å². The van der Waals surface area contributed by atoms with Crippen molar-refractivity contribution < 1.29 is 9.53 Å². The van der Waals surface area contributed by atoms with Gasteiger partial charge in [0.15, 0.2) is 6.10 Å². The molecule has 2 rings (SSSR count). The van der Waals surface area contributed by atoms with Crippen molar-refractivity contribution in [3.05, 3.63) is 34.9 Å². The largest absolute Gasteiger partial charge is 0.481 e. The standard InChI is InChI=1S/C22H24BrN3O2/c1-5-20(21(27)26-22(3,4)10-6-7-15(2)13-24)28-18-8-9-19-16(12-18)11-17(23)14-25-19/h8-9,11-12,14-15,20H,5,7H2,1-4H3,(H,26,27). The monoisotopic (exact) mass is 441 g/mol. The average molecular weight is 442 g/mol. The maximum Gasteiger partial charge on any atom is 0.262 e. The summed E-state index contributed by atoms with van der Waals surface area (Å²) in [6.45, 7) is 7.39. The van der Waals surface area contributed by atoms with Crippen molar-refractivity contribution in [2.24, 2.45) is 5.92 Å². The van der Waals surface area contributed by atoms with Crippen molar-refractivity contribution >= 4 is 32.7 Å². The van der Waals surface area contributed by atoms with E-state index in [1.165, 1.54) is 0 Å². The van der Waals surface area contributed by atoms with Gasteiger partial charge in [0.2, 0.25) is 0 Å². The first-order chi connectivity index (χ1) is 13.2. The maximum absolute atomic E-state index is 12.7. The van der Waals surface area contributed by atoms with Crippen LogP contribution in [0.5, 0.6) is 5.75 Å². The molecule has 1 amide bonds. The molecule has 0 bridgehead atoms. The highest BCUT2D eigenvalue weighted by molar-refractivity contribution is 9.10. The SMILES string of the molecule is CCC(Oc1ccc2ncc(Br)cc2c1)C(=O)NC(C)(C)C#CCC(C)C#N. The van der Waals surface area contributed by atoms with Crippen LogP contribution in [-0.4, -0.2) is 22.5 Å². The van der Waals surface area contributed by atoms with Crippen molar-refractivity contribution in [2.45, 2.75) is 52.2 Å². The number of benzene rings is 1. The van der Waals surface area contributed by atoms with E-state index in [0.717, 1.165) is 15.4 Å². The normalized spacial score (nSPS) is 13.0. The summed E-state index contributed by atoms with van der Waals surface area (Å²) in [4.78, 5) is 17.0. The Labute approximate surface area is 174 Å². The van der Waals surface area contributed by atoms with E-state index in [-0.39, 0.29) is 11.8 Å². The van der Waals surface area contributed by atoms with Gasteiger partial charge in [-0.3, -0.25) is 9.78 Å². The Kier molecular flexibility index (Phi) is 7.43. The lowest BCUT2D eigenvalue weighted by atomic mass is 10.0. The zero-order chi connectivity index (χ0) is 20.7. The summed E-state index contributed by atoms with van der Waals surface area (Å²) in [5, 5.41) is 12.7. The molecule has 2 unspecified atom stereocenters. The van der Waals surface area contributed by atoms with Crippen LogP contribution in [0.25, 0.3) is 10.9 Å². The van der Waals surface area contributed by atoms with Gasteiger partial charge < -0.3 is 10.1 Å². The summed E-state index contributed by atoms with van der Waals surface area (Å²) >= 11 is 3.41. The number of aromatic nitrogens is 1. The second-order valence-corrected chi connectivity index (χ2v) is 8.09. The van der Waals surface area contributed by atoms with Crippen LogP contribution in [0.2, 0.25) is 0 Å². The molecular weight excluding hydrogens is 418 g/mol. The molecule has 2 aromatic rings. The highest BCUT2D eigenvalue weighted by Crippen LogP contribution is 2.23. The van der Waals surface area contributed by atoms with Gasteiger partial charge in [-0.05, 0) is 67.4 Å². The summed E-state index contributed by atoms with van der Waals surface area (Å²) < 4.78 is 6.82. The Morgan fingerprint density at radius 3 is 2.82 bits per heavy atom. The second kappa shape index (κ2) is 9.57. The van der Waals surface area contributed by atoms with E-state index in [1.54, 1.807) is 6.20 Å². The molecule has 146 valence electrons. The number of hydrogen-bond donors (Lipinski definition) is 1. The molecule has 0 saturated carbocycles. The minimum Gasteiger partial charge on any atom is -0.481 e. The van der Waals surface area contributed by atoms with Crippen molar-refractivity contribution in [1.82, 2.24) is 10.3 Å². The van der Waals surface area contributed by atoms with Gasteiger partial charge in [-0.2, -0.15) is 5.26 Å². The predicted molar refractivity (Wildman–Crippen MR) is 114 cm³/mol. The van der Waals surface area contributed by atoms with Crippen LogP contribution in [0.15, 0.2) is 34.9 Å². The third kappa shape index (κ3) is 6.25. The highest BCUT2D eigenvalue weighted by Gasteiger charge is 2.25. The van der Waals surface area contributed by atoms with Crippen molar-refractivity contribution in [2.75, 3.05) is 0 Å². The molecule has 0 aliphatic rings. The van der Waals surface area contributed by atoms with Crippen LogP contribution in [0.3, 0.4) is 0 Å². The lowest BCUT2D eigenvalue weighted by molar-refractivity contribution is -0.129. The van der Waals surface area contributed by atoms with Crippen molar-refractivity contribution in [3.63, 3.8) is 0 Å². The molecular formula is C22H24BrN3O2. The van der Waals surface area contributed by atoms with E-state index < -0.39 is 11.6 Å². The lowest BCUT2D eigenvalue weighted by Crippen LogP contribution is -2.48. The van der Waals surface area contributed by atoms with E-state index >= 15 is 0 Å². The van der Waals surface area contributed by atoms with Gasteiger partial charge >= 0.3 is 0 Å². The summed E-state index contributed by atoms with van der Waals surface area (Å²) in [5.41, 5.74) is 0.150. The molecule has 0 aliphatic carbocycles. The van der Waals surface area contributed by atoms with Crippen molar-refractivity contribution in [3.8, 4) is 23.7 Å². The fourth-order valence-corrected chi connectivity index (χ4v) is 2.88. The first-order valence-electron chi connectivity index (χ1n) is 9.17. The predicted octanol–water partition coefficient (Wildman–Crippen LogP) is 4.60. The van der Waals surface area contributed by atoms with Gasteiger partial charge in [-0.25, -0.2) is 0 Å². The Hall–Kier alpha value is -2.57. The van der Waals surface area contributed by atoms with Gasteiger partial charge in [0.1, 0.15) is 5.75 Å². The van der Waals surface area contributed by atoms with Crippen LogP contribution in [0.4, 0.5) is 0 Å². The second-order valence-electron chi connectivity index (χ2n) is 7.17. The smallest absolute Gasteiger partial charge is 0.262 e. The zero-order valence-electron chi connectivity index (χ0n) is 16.5. The zero-order valence-corrected chi connectivity index (χ0v) is 18.1. The number of halogens is 1. The Balaban J connectivity index is 2.08. The molecule has 0 radical (unpaired) electrons. The van der Waals surface area contributed by atoms with Gasteiger partial charge in [-0.15, -0.1) is 0 Å². The summed E-state index contributed by atoms with van der Waals surface area (Å²) in [5.74, 6) is 6.26. The summed E-state index contributed by atoms with van der Waals surface area (Å²) in [7, 11) is 0. The Morgan fingerprint density at radius 2 is 2.14 bits per heavy atom. The third-order valence-corrected chi connectivity index (χ3v) is 4.46. The first-order valence-corrected chi connectivity index (χ1v) is 9.97. The molecule has 0 saturated heterocycles. The number of fused-ring (bicyclic) bond motifs is 1. The highest BCUT2D eigenvalue weighted by atomic mass is 79.9. The summed E-state index contributed by atoms with van der Waals surface area (Å²) in [6, 6.07) is 9.65. The molecule has 2 atom stereocenters. The van der Waals surface area contributed by atoms with Gasteiger partial charge in [0.05, 0.1) is 23.0 Å². The molecule has 1 aromatic carbocycles. The number of ether oxygens (including phenoxy) is 1. The number of nitriles is 1. The maximum atomic E-state index is 12.7. The number of pyridine rings is 1. The van der Waals surface area contributed by atoms with E-state index in [0.29, 0.717) is 18.6 Å². The van der Waals surface area contributed by atoms with E-state index in [1.807, 2.05) is 52.0 Å². The van der Waals surface area contributed by atoms with Crippen LogP contribution < -0.4 is 10.1 Å². The van der Waals surface area contributed by atoms with Crippen LogP contribution in [-0.2, 0) is 4.79 Å². The molecule has 1 aromatic heterocycles. The minimum absolute atomic E-state index is 0.131. The van der Waals surface area contributed by atoms with Crippen LogP contribution in [0.1, 0.15) is 40.5 Å². The minimum atomic E-state index is -0.707. The molecule has 0 aliphatic heterocycles. The first kappa shape index (κ1) is 21.7. The average Bonchev–Trinajstić information content (AvgIpc) is 2.64. The molecule has 5 nitrogen and oxygen atoms in total. The molecule has 28 heavy (non-hydrogen) atoms. The molecule has 1 heterocycles. The van der Waals surface area contributed by atoms with Crippen LogP contribution in [0, 0.1) is 29.1 Å². The van der Waals surface area contributed by atoms with E-state index in [9.17, 15) is 4.79 Å². The molecule has 6 heteroatoms. The molecule has 0 spiro atoms. The summed E-state index contributed by atoms with van der Waals surface area (Å²) in [6.07, 6.45) is 2.11. The number of carbonyl (C=O) groups is 1. The van der Waals surface area contributed by atoms with Gasteiger partial charge in [0, 0.05) is 22.5 Å². The topological polar surface area (TPSA) is 75.0 Å². The number of nitrogens with one attached hydrogen (secondary N) is 1. The fraction of sp³-hybridized carbons (Fsp3) is 0.409.